The Balaban J connectivity index is 1.71. The van der Waals surface area contributed by atoms with Gasteiger partial charge in [-0.15, -0.1) is 0 Å². The smallest absolute Gasteiger partial charge is 0.267 e. The second-order valence-electron chi connectivity index (χ2n) is 5.81. The minimum atomic E-state index is -0.347. The lowest BCUT2D eigenvalue weighted by Crippen LogP contribution is -2.33. The van der Waals surface area contributed by atoms with Gasteiger partial charge < -0.3 is 10.1 Å². The summed E-state index contributed by atoms with van der Waals surface area (Å²) in [7, 11) is 1.58. The van der Waals surface area contributed by atoms with E-state index in [1.54, 1.807) is 37.4 Å². The number of amides is 1. The van der Waals surface area contributed by atoms with E-state index in [0.29, 0.717) is 23.0 Å². The second kappa shape index (κ2) is 8.51. The van der Waals surface area contributed by atoms with Crippen LogP contribution in [0.15, 0.2) is 65.5 Å². The number of carbonyl (C=O) groups excluding carboxylic acids is 1. The third kappa shape index (κ3) is 4.74. The van der Waals surface area contributed by atoms with Gasteiger partial charge in [0.2, 0.25) is 5.91 Å². The van der Waals surface area contributed by atoms with Crippen LogP contribution in [0.4, 0.5) is 0 Å². The van der Waals surface area contributed by atoms with Gasteiger partial charge in [-0.3, -0.25) is 9.59 Å². The third-order valence-corrected chi connectivity index (χ3v) is 4.22. The first-order valence-electron chi connectivity index (χ1n) is 8.29. The average Bonchev–Trinajstić information content (AvgIpc) is 2.69. The van der Waals surface area contributed by atoms with Crippen LogP contribution in [0.25, 0.3) is 11.3 Å². The van der Waals surface area contributed by atoms with Gasteiger partial charge in [0.15, 0.2) is 0 Å². The highest BCUT2D eigenvalue weighted by Gasteiger charge is 2.09. The van der Waals surface area contributed by atoms with E-state index in [-0.39, 0.29) is 18.0 Å². The molecule has 0 saturated heterocycles. The summed E-state index contributed by atoms with van der Waals surface area (Å²) in [6.07, 6.45) is 0. The van der Waals surface area contributed by atoms with E-state index in [1.807, 2.05) is 24.3 Å². The van der Waals surface area contributed by atoms with Crippen molar-refractivity contribution in [2.24, 2.45) is 0 Å². The van der Waals surface area contributed by atoms with Gasteiger partial charge in [-0.05, 0) is 24.3 Å². The van der Waals surface area contributed by atoms with Crippen LogP contribution in [0.1, 0.15) is 5.56 Å². The number of halogens is 1. The van der Waals surface area contributed by atoms with Gasteiger partial charge in [0.1, 0.15) is 12.3 Å². The van der Waals surface area contributed by atoms with E-state index in [9.17, 15) is 9.59 Å². The van der Waals surface area contributed by atoms with Crippen molar-refractivity contribution in [1.29, 1.82) is 0 Å². The molecule has 0 unspecified atom stereocenters. The van der Waals surface area contributed by atoms with Crippen LogP contribution in [0, 0.1) is 0 Å². The van der Waals surface area contributed by atoms with Gasteiger partial charge in [-0.1, -0.05) is 41.9 Å². The van der Waals surface area contributed by atoms with Crippen LogP contribution >= 0.6 is 11.6 Å². The van der Waals surface area contributed by atoms with E-state index in [4.69, 9.17) is 16.3 Å². The molecule has 0 aliphatic carbocycles. The minimum absolute atomic E-state index is 0.171. The number of methoxy groups -OCH3 is 1. The van der Waals surface area contributed by atoms with Crippen LogP contribution in [0.3, 0.4) is 0 Å². The highest BCUT2D eigenvalue weighted by atomic mass is 35.5. The molecule has 0 atom stereocenters. The summed E-state index contributed by atoms with van der Waals surface area (Å²) >= 11 is 5.89. The first-order chi connectivity index (χ1) is 13.1. The summed E-state index contributed by atoms with van der Waals surface area (Å²) in [5, 5.41) is 7.67. The molecule has 0 radical (unpaired) electrons. The predicted octanol–water partition coefficient (Wildman–Crippen LogP) is 2.89. The molecule has 7 heteroatoms. The number of hydrogen-bond acceptors (Lipinski definition) is 4. The predicted molar refractivity (Wildman–Crippen MR) is 104 cm³/mol. The Morgan fingerprint density at radius 1 is 1.11 bits per heavy atom. The van der Waals surface area contributed by atoms with Crippen LogP contribution < -0.4 is 15.6 Å². The first kappa shape index (κ1) is 18.7. The Labute approximate surface area is 161 Å². The lowest BCUT2D eigenvalue weighted by molar-refractivity contribution is -0.122. The third-order valence-electron chi connectivity index (χ3n) is 3.97. The summed E-state index contributed by atoms with van der Waals surface area (Å²) in [4.78, 5) is 24.3. The molecular weight excluding hydrogens is 366 g/mol. The summed E-state index contributed by atoms with van der Waals surface area (Å²) in [5.41, 5.74) is 1.90. The van der Waals surface area contributed by atoms with Crippen molar-refractivity contribution >= 4 is 17.5 Å². The molecule has 27 heavy (non-hydrogen) atoms. The normalized spacial score (nSPS) is 10.4. The Morgan fingerprint density at radius 3 is 2.59 bits per heavy atom. The largest absolute Gasteiger partial charge is 0.496 e. The Bertz CT molecular complexity index is 1000. The van der Waals surface area contributed by atoms with Gasteiger partial charge in [0.05, 0.1) is 12.8 Å². The Hall–Kier alpha value is -3.12. The zero-order valence-corrected chi connectivity index (χ0v) is 15.4. The SMILES string of the molecule is COc1ccccc1CNC(=O)Cn1nc(-c2ccc(Cl)cc2)ccc1=O. The quantitative estimate of drug-likeness (QED) is 0.710. The maximum atomic E-state index is 12.3. The fourth-order valence-electron chi connectivity index (χ4n) is 2.57. The summed E-state index contributed by atoms with van der Waals surface area (Å²) < 4.78 is 6.40. The molecular formula is C20H18ClN3O3. The molecule has 138 valence electrons. The molecule has 3 aromatic rings. The topological polar surface area (TPSA) is 73.2 Å². The van der Waals surface area contributed by atoms with Crippen LogP contribution in [-0.2, 0) is 17.9 Å². The number of para-hydroxylation sites is 1. The molecule has 1 N–H and O–H groups in total. The second-order valence-corrected chi connectivity index (χ2v) is 6.25. The van der Waals surface area contributed by atoms with Crippen LogP contribution in [-0.4, -0.2) is 22.8 Å². The van der Waals surface area contributed by atoms with Gasteiger partial charge in [-0.25, -0.2) is 4.68 Å². The van der Waals surface area contributed by atoms with Crippen LogP contribution in [0.2, 0.25) is 5.02 Å². The van der Waals surface area contributed by atoms with Crippen molar-refractivity contribution in [3.05, 3.63) is 81.6 Å². The lowest BCUT2D eigenvalue weighted by Gasteiger charge is -2.10. The van der Waals surface area contributed by atoms with Gasteiger partial charge in [-0.2, -0.15) is 5.10 Å². The van der Waals surface area contributed by atoms with Crippen molar-refractivity contribution in [3.63, 3.8) is 0 Å². The Kier molecular flexibility index (Phi) is 5.88. The van der Waals surface area contributed by atoms with Gasteiger partial charge >= 0.3 is 0 Å². The summed E-state index contributed by atoms with van der Waals surface area (Å²) in [5.74, 6) is 0.376. The Morgan fingerprint density at radius 2 is 1.85 bits per heavy atom. The fourth-order valence-corrected chi connectivity index (χ4v) is 2.70. The van der Waals surface area contributed by atoms with Crippen molar-refractivity contribution in [2.75, 3.05) is 7.11 Å². The number of aromatic nitrogens is 2. The molecule has 6 nitrogen and oxygen atoms in total. The zero-order chi connectivity index (χ0) is 19.2. The van der Waals surface area contributed by atoms with Crippen molar-refractivity contribution < 1.29 is 9.53 Å². The molecule has 0 aliphatic rings. The molecule has 0 bridgehead atoms. The van der Waals surface area contributed by atoms with E-state index >= 15 is 0 Å². The number of nitrogens with one attached hydrogen (secondary N) is 1. The minimum Gasteiger partial charge on any atom is -0.496 e. The van der Waals surface area contributed by atoms with E-state index < -0.39 is 0 Å². The van der Waals surface area contributed by atoms with Gasteiger partial charge in [0, 0.05) is 28.8 Å². The molecule has 1 amide bonds. The molecule has 0 fully saturated rings. The monoisotopic (exact) mass is 383 g/mol. The zero-order valence-electron chi connectivity index (χ0n) is 14.7. The lowest BCUT2D eigenvalue weighted by atomic mass is 10.1. The maximum Gasteiger partial charge on any atom is 0.267 e. The molecule has 3 rings (SSSR count). The number of benzene rings is 2. The van der Waals surface area contributed by atoms with Crippen molar-refractivity contribution in [2.45, 2.75) is 13.1 Å². The van der Waals surface area contributed by atoms with Crippen molar-refractivity contribution in [3.8, 4) is 17.0 Å². The summed E-state index contributed by atoms with van der Waals surface area (Å²) in [6, 6.07) is 17.5. The molecule has 0 spiro atoms. The molecule has 2 aromatic carbocycles. The highest BCUT2D eigenvalue weighted by molar-refractivity contribution is 6.30. The van der Waals surface area contributed by atoms with Crippen LogP contribution in [0.5, 0.6) is 5.75 Å². The number of hydrogen-bond donors (Lipinski definition) is 1. The maximum absolute atomic E-state index is 12.3. The summed E-state index contributed by atoms with van der Waals surface area (Å²) in [6.45, 7) is 0.129. The van der Waals surface area contributed by atoms with E-state index in [2.05, 4.69) is 10.4 Å². The fraction of sp³-hybridized carbons (Fsp3) is 0.150. The molecule has 0 saturated carbocycles. The first-order valence-corrected chi connectivity index (χ1v) is 8.67. The number of ether oxygens (including phenoxy) is 1. The van der Waals surface area contributed by atoms with Crippen molar-refractivity contribution in [1.82, 2.24) is 15.1 Å². The molecule has 1 heterocycles. The van der Waals surface area contributed by atoms with E-state index in [1.165, 1.54) is 6.07 Å². The highest BCUT2D eigenvalue weighted by Crippen LogP contribution is 2.18. The number of carbonyl (C=O) groups is 1. The average molecular weight is 384 g/mol. The number of nitrogens with zero attached hydrogens (tertiary/aromatic N) is 2. The standard InChI is InChI=1S/C20H18ClN3O3/c1-27-18-5-3-2-4-15(18)12-22-19(25)13-24-20(26)11-10-17(23-24)14-6-8-16(21)9-7-14/h2-11H,12-13H2,1H3,(H,22,25). The van der Waals surface area contributed by atoms with Gasteiger partial charge in [0.25, 0.3) is 5.56 Å². The number of rotatable bonds is 6. The molecule has 0 aliphatic heterocycles. The molecule has 1 aromatic heterocycles. The van der Waals surface area contributed by atoms with E-state index in [0.717, 1.165) is 15.8 Å².